The second-order valence-corrected chi connectivity index (χ2v) is 5.12. The maximum absolute atomic E-state index is 11.5. The van der Waals surface area contributed by atoms with Crippen molar-refractivity contribution in [2.24, 2.45) is 0 Å². The summed E-state index contributed by atoms with van der Waals surface area (Å²) >= 11 is 0. The summed E-state index contributed by atoms with van der Waals surface area (Å²) in [7, 11) is 0. The van der Waals surface area contributed by atoms with Gasteiger partial charge in [-0.1, -0.05) is 12.8 Å². The Balaban J connectivity index is 2.49. The van der Waals surface area contributed by atoms with E-state index in [1.54, 1.807) is 0 Å². The number of carbonyl (C=O) groups excluding carboxylic acids is 2. The predicted octanol–water partition coefficient (Wildman–Crippen LogP) is 2.60. The van der Waals surface area contributed by atoms with E-state index in [0.717, 1.165) is 25.7 Å². The van der Waals surface area contributed by atoms with Gasteiger partial charge in [-0.3, -0.25) is 9.59 Å². The van der Waals surface area contributed by atoms with Gasteiger partial charge in [0.1, 0.15) is 5.60 Å². The molecule has 1 rings (SSSR count). The maximum Gasteiger partial charge on any atom is 0.306 e. The first-order valence-electron chi connectivity index (χ1n) is 6.37. The fraction of sp³-hybridized carbons (Fsp3) is 0.846. The molecule has 4 heteroatoms. The van der Waals surface area contributed by atoms with Crippen LogP contribution in [0.4, 0.5) is 0 Å². The normalized spacial score (nSPS) is 23.6. The third kappa shape index (κ3) is 6.29. The fourth-order valence-corrected chi connectivity index (χ4v) is 1.79. The molecule has 0 radical (unpaired) electrons. The molecule has 0 saturated carbocycles. The van der Waals surface area contributed by atoms with Gasteiger partial charge >= 0.3 is 11.9 Å². The zero-order valence-corrected chi connectivity index (χ0v) is 10.8. The van der Waals surface area contributed by atoms with Crippen LogP contribution in [0.5, 0.6) is 0 Å². The van der Waals surface area contributed by atoms with Crippen LogP contribution in [0.15, 0.2) is 0 Å². The van der Waals surface area contributed by atoms with Crippen molar-refractivity contribution in [2.75, 3.05) is 6.61 Å². The molecule has 0 aromatic carbocycles. The van der Waals surface area contributed by atoms with Gasteiger partial charge in [0.15, 0.2) is 0 Å². The van der Waals surface area contributed by atoms with Gasteiger partial charge in [0.2, 0.25) is 0 Å². The van der Waals surface area contributed by atoms with Crippen molar-refractivity contribution in [1.29, 1.82) is 0 Å². The molecule has 0 aromatic rings. The molecule has 0 aliphatic carbocycles. The number of hydrogen-bond donors (Lipinski definition) is 0. The molecule has 1 fully saturated rings. The second-order valence-electron chi connectivity index (χ2n) is 5.12. The predicted molar refractivity (Wildman–Crippen MR) is 63.4 cm³/mol. The highest BCUT2D eigenvalue weighted by Crippen LogP contribution is 2.18. The Morgan fingerprint density at radius 2 is 1.53 bits per heavy atom. The molecule has 0 aromatic heterocycles. The molecule has 0 bridgehead atoms. The second kappa shape index (κ2) is 6.62. The first-order valence-corrected chi connectivity index (χ1v) is 6.37. The van der Waals surface area contributed by atoms with E-state index in [-0.39, 0.29) is 11.9 Å². The zero-order valence-electron chi connectivity index (χ0n) is 10.8. The summed E-state index contributed by atoms with van der Waals surface area (Å²) in [5.74, 6) is -0.299. The van der Waals surface area contributed by atoms with E-state index >= 15 is 0 Å². The van der Waals surface area contributed by atoms with Gasteiger partial charge in [-0.05, 0) is 26.7 Å². The van der Waals surface area contributed by atoms with Crippen molar-refractivity contribution >= 4 is 11.9 Å². The Kier molecular flexibility index (Phi) is 5.45. The molecule has 98 valence electrons. The van der Waals surface area contributed by atoms with Crippen molar-refractivity contribution in [2.45, 2.75) is 64.4 Å². The molecule has 0 atom stereocenters. The molecule has 1 heterocycles. The quantitative estimate of drug-likeness (QED) is 0.613. The van der Waals surface area contributed by atoms with E-state index in [4.69, 9.17) is 9.47 Å². The van der Waals surface area contributed by atoms with Crippen LogP contribution in [0.2, 0.25) is 0 Å². The standard InChI is InChI=1S/C13H22O4/c1-13(2)9-10-16-11(14)7-5-3-4-6-8-12(15)17-13/h3-10H2,1-2H3. The molecule has 0 spiro atoms. The number of cyclic esters (lactones) is 2. The van der Waals surface area contributed by atoms with E-state index in [1.165, 1.54) is 0 Å². The third-order valence-corrected chi connectivity index (χ3v) is 2.87. The average molecular weight is 242 g/mol. The number of esters is 2. The summed E-state index contributed by atoms with van der Waals surface area (Å²) in [6.07, 6.45) is 5.10. The highest BCUT2D eigenvalue weighted by molar-refractivity contribution is 5.70. The first-order chi connectivity index (χ1) is 7.99. The number of carbonyl (C=O) groups is 2. The molecule has 0 unspecified atom stereocenters. The van der Waals surface area contributed by atoms with Crippen LogP contribution in [0.3, 0.4) is 0 Å². The van der Waals surface area contributed by atoms with Crippen LogP contribution in [0.25, 0.3) is 0 Å². The van der Waals surface area contributed by atoms with Crippen LogP contribution >= 0.6 is 0 Å². The molecule has 0 N–H and O–H groups in total. The third-order valence-electron chi connectivity index (χ3n) is 2.87. The van der Waals surface area contributed by atoms with Gasteiger partial charge in [-0.2, -0.15) is 0 Å². The SMILES string of the molecule is CC1(C)CCOC(=O)CCCCCCC(=O)O1. The summed E-state index contributed by atoms with van der Waals surface area (Å²) in [6.45, 7) is 4.01. The van der Waals surface area contributed by atoms with Crippen LogP contribution in [-0.2, 0) is 19.1 Å². The van der Waals surface area contributed by atoms with E-state index in [1.807, 2.05) is 13.8 Å². The number of ether oxygens (including phenoxy) is 2. The van der Waals surface area contributed by atoms with Crippen LogP contribution in [0.1, 0.15) is 58.8 Å². The Bertz CT molecular complexity index is 271. The molecule has 1 aliphatic heterocycles. The fourth-order valence-electron chi connectivity index (χ4n) is 1.79. The van der Waals surface area contributed by atoms with E-state index < -0.39 is 5.60 Å². The molecule has 4 nitrogen and oxygen atoms in total. The molecular formula is C13H22O4. The largest absolute Gasteiger partial charge is 0.466 e. The summed E-state index contributed by atoms with van der Waals surface area (Å²) in [4.78, 5) is 22.9. The Labute approximate surface area is 103 Å². The Morgan fingerprint density at radius 1 is 0.941 bits per heavy atom. The van der Waals surface area contributed by atoms with Crippen LogP contribution < -0.4 is 0 Å². The van der Waals surface area contributed by atoms with Crippen molar-refractivity contribution in [3.05, 3.63) is 0 Å². The zero-order chi connectivity index (χ0) is 12.7. The summed E-state index contributed by atoms with van der Waals surface area (Å²) in [5, 5.41) is 0. The lowest BCUT2D eigenvalue weighted by atomic mass is 10.1. The van der Waals surface area contributed by atoms with Crippen LogP contribution in [0, 0.1) is 0 Å². The van der Waals surface area contributed by atoms with Crippen LogP contribution in [-0.4, -0.2) is 24.1 Å². The lowest BCUT2D eigenvalue weighted by Gasteiger charge is -2.24. The Hall–Kier alpha value is -1.06. The minimum Gasteiger partial charge on any atom is -0.466 e. The summed E-state index contributed by atoms with van der Waals surface area (Å²) in [5.41, 5.74) is -0.550. The minimum absolute atomic E-state index is 0.147. The summed E-state index contributed by atoms with van der Waals surface area (Å²) < 4.78 is 10.5. The highest BCUT2D eigenvalue weighted by Gasteiger charge is 2.23. The van der Waals surface area contributed by atoms with Gasteiger partial charge in [-0.25, -0.2) is 0 Å². The monoisotopic (exact) mass is 242 g/mol. The van der Waals surface area contributed by atoms with Gasteiger partial charge in [0, 0.05) is 19.3 Å². The topological polar surface area (TPSA) is 52.6 Å². The van der Waals surface area contributed by atoms with Crippen molar-refractivity contribution in [1.82, 2.24) is 0 Å². The Morgan fingerprint density at radius 3 is 2.18 bits per heavy atom. The molecule has 1 aliphatic rings. The van der Waals surface area contributed by atoms with E-state index in [0.29, 0.717) is 25.9 Å². The van der Waals surface area contributed by atoms with Crippen molar-refractivity contribution in [3.63, 3.8) is 0 Å². The average Bonchev–Trinajstić information content (AvgIpc) is 2.21. The highest BCUT2D eigenvalue weighted by atomic mass is 16.6. The summed E-state index contributed by atoms with van der Waals surface area (Å²) in [6, 6.07) is 0. The molecule has 17 heavy (non-hydrogen) atoms. The van der Waals surface area contributed by atoms with Crippen molar-refractivity contribution < 1.29 is 19.1 Å². The van der Waals surface area contributed by atoms with Crippen molar-refractivity contribution in [3.8, 4) is 0 Å². The number of hydrogen-bond acceptors (Lipinski definition) is 4. The molecule has 0 amide bonds. The van der Waals surface area contributed by atoms with Gasteiger partial charge in [0.25, 0.3) is 0 Å². The molecule has 1 saturated heterocycles. The lowest BCUT2D eigenvalue weighted by Crippen LogP contribution is -2.30. The maximum atomic E-state index is 11.5. The minimum atomic E-state index is -0.550. The van der Waals surface area contributed by atoms with Gasteiger partial charge in [-0.15, -0.1) is 0 Å². The first kappa shape index (κ1) is 14.0. The van der Waals surface area contributed by atoms with E-state index in [9.17, 15) is 9.59 Å². The number of rotatable bonds is 0. The van der Waals surface area contributed by atoms with Gasteiger partial charge in [0.05, 0.1) is 6.61 Å². The lowest BCUT2D eigenvalue weighted by molar-refractivity contribution is -0.159. The smallest absolute Gasteiger partial charge is 0.306 e. The van der Waals surface area contributed by atoms with Gasteiger partial charge < -0.3 is 9.47 Å². The van der Waals surface area contributed by atoms with E-state index in [2.05, 4.69) is 0 Å². The molecular weight excluding hydrogens is 220 g/mol.